The molecule has 1 fully saturated rings. The maximum absolute atomic E-state index is 12.1. The number of likely N-dealkylation sites (tertiary alicyclic amines) is 1. The van der Waals surface area contributed by atoms with E-state index >= 15 is 0 Å². The van der Waals surface area contributed by atoms with Crippen molar-refractivity contribution in [2.45, 2.75) is 18.9 Å². The van der Waals surface area contributed by atoms with Crippen LogP contribution in [-0.4, -0.2) is 42.0 Å². The Morgan fingerprint density at radius 3 is 2.62 bits per heavy atom. The first-order valence-corrected chi connectivity index (χ1v) is 8.55. The van der Waals surface area contributed by atoms with Gasteiger partial charge in [-0.05, 0) is 50.2 Å². The molecule has 3 rings (SSSR count). The van der Waals surface area contributed by atoms with Gasteiger partial charge in [-0.25, -0.2) is 0 Å². The van der Waals surface area contributed by atoms with Crippen LogP contribution >= 0.6 is 0 Å². The van der Waals surface area contributed by atoms with Crippen LogP contribution in [0.3, 0.4) is 0 Å². The number of nitro groups is 1. The Labute approximate surface area is 150 Å². The summed E-state index contributed by atoms with van der Waals surface area (Å²) in [5, 5.41) is 13.5. The number of rotatable bonds is 8. The molecule has 138 valence electrons. The van der Waals surface area contributed by atoms with Gasteiger partial charge in [-0.15, -0.1) is 0 Å². The molecule has 1 aliphatic rings. The largest absolute Gasteiger partial charge is 0.484 e. The van der Waals surface area contributed by atoms with E-state index in [0.29, 0.717) is 12.3 Å². The lowest BCUT2D eigenvalue weighted by Crippen LogP contribution is -2.38. The van der Waals surface area contributed by atoms with Gasteiger partial charge < -0.3 is 14.5 Å². The molecule has 1 N–H and O–H groups in total. The average Bonchev–Trinajstić information content (AvgIpc) is 3.35. The van der Waals surface area contributed by atoms with Gasteiger partial charge in [0.05, 0.1) is 17.2 Å². The van der Waals surface area contributed by atoms with Crippen molar-refractivity contribution in [1.29, 1.82) is 0 Å². The van der Waals surface area contributed by atoms with Crippen molar-refractivity contribution >= 4 is 11.6 Å². The highest BCUT2D eigenvalue weighted by Crippen LogP contribution is 2.24. The second kappa shape index (κ2) is 8.48. The lowest BCUT2D eigenvalue weighted by molar-refractivity contribution is -0.384. The van der Waals surface area contributed by atoms with E-state index in [2.05, 4.69) is 10.2 Å². The minimum Gasteiger partial charge on any atom is -0.484 e. The van der Waals surface area contributed by atoms with E-state index in [1.165, 1.54) is 24.3 Å². The molecule has 0 spiro atoms. The number of amides is 1. The van der Waals surface area contributed by atoms with Crippen molar-refractivity contribution in [2.24, 2.45) is 0 Å². The molecule has 0 unspecified atom stereocenters. The maximum atomic E-state index is 12.1. The molecule has 8 heteroatoms. The monoisotopic (exact) mass is 359 g/mol. The summed E-state index contributed by atoms with van der Waals surface area (Å²) in [5.74, 6) is 0.996. The van der Waals surface area contributed by atoms with Crippen LogP contribution in [0.4, 0.5) is 5.69 Å². The number of carbonyl (C=O) groups excluding carboxylic acids is 1. The highest BCUT2D eigenvalue weighted by Gasteiger charge is 2.25. The molecule has 1 saturated heterocycles. The minimum absolute atomic E-state index is 0.0100. The van der Waals surface area contributed by atoms with Gasteiger partial charge in [0.15, 0.2) is 6.61 Å². The topological polar surface area (TPSA) is 97.8 Å². The summed E-state index contributed by atoms with van der Waals surface area (Å²) in [6.07, 6.45) is 3.93. The summed E-state index contributed by atoms with van der Waals surface area (Å²) in [7, 11) is 0. The molecule has 0 saturated carbocycles. The normalized spacial score (nSPS) is 15.5. The van der Waals surface area contributed by atoms with Crippen LogP contribution in [0.5, 0.6) is 5.75 Å². The molecule has 2 heterocycles. The van der Waals surface area contributed by atoms with Crippen LogP contribution in [0.15, 0.2) is 47.1 Å². The van der Waals surface area contributed by atoms with Gasteiger partial charge in [-0.2, -0.15) is 0 Å². The zero-order valence-corrected chi connectivity index (χ0v) is 14.3. The first kappa shape index (κ1) is 17.9. The Bertz CT molecular complexity index is 724. The summed E-state index contributed by atoms with van der Waals surface area (Å²) in [4.78, 5) is 24.5. The third-order valence-corrected chi connectivity index (χ3v) is 4.36. The number of non-ortho nitro benzene ring substituents is 1. The fraction of sp³-hybridized carbons (Fsp3) is 0.389. The second-order valence-electron chi connectivity index (χ2n) is 6.12. The zero-order chi connectivity index (χ0) is 18.4. The van der Waals surface area contributed by atoms with E-state index in [-0.39, 0.29) is 24.2 Å². The molecule has 1 aromatic heterocycles. The number of nitrogens with one attached hydrogen (secondary N) is 1. The number of nitro benzene ring substituents is 1. The van der Waals surface area contributed by atoms with Crippen molar-refractivity contribution in [1.82, 2.24) is 10.2 Å². The SMILES string of the molecule is O=C(COc1ccc([N+](=O)[O-])cc1)NC[C@H](c1ccco1)N1CCCC1. The maximum Gasteiger partial charge on any atom is 0.269 e. The van der Waals surface area contributed by atoms with Gasteiger partial charge in [0.1, 0.15) is 11.5 Å². The summed E-state index contributed by atoms with van der Waals surface area (Å²) < 4.78 is 10.9. The Morgan fingerprint density at radius 2 is 2.00 bits per heavy atom. The van der Waals surface area contributed by atoms with Crippen LogP contribution in [0.2, 0.25) is 0 Å². The molecule has 1 aromatic carbocycles. The second-order valence-corrected chi connectivity index (χ2v) is 6.12. The molecule has 0 aliphatic carbocycles. The molecule has 2 aromatic rings. The van der Waals surface area contributed by atoms with E-state index in [9.17, 15) is 14.9 Å². The number of hydrogen-bond acceptors (Lipinski definition) is 6. The Morgan fingerprint density at radius 1 is 1.27 bits per heavy atom. The highest BCUT2D eigenvalue weighted by atomic mass is 16.6. The highest BCUT2D eigenvalue weighted by molar-refractivity contribution is 5.77. The van der Waals surface area contributed by atoms with Gasteiger partial charge in [-0.3, -0.25) is 19.8 Å². The predicted octanol–water partition coefficient (Wildman–Crippen LogP) is 2.52. The zero-order valence-electron chi connectivity index (χ0n) is 14.3. The van der Waals surface area contributed by atoms with Crippen LogP contribution in [-0.2, 0) is 4.79 Å². The van der Waals surface area contributed by atoms with Gasteiger partial charge >= 0.3 is 0 Å². The lowest BCUT2D eigenvalue weighted by atomic mass is 10.2. The summed E-state index contributed by atoms with van der Waals surface area (Å²) >= 11 is 0. The fourth-order valence-electron chi connectivity index (χ4n) is 3.02. The van der Waals surface area contributed by atoms with Crippen LogP contribution < -0.4 is 10.1 Å². The molecular weight excluding hydrogens is 338 g/mol. The number of nitrogens with zero attached hydrogens (tertiary/aromatic N) is 2. The summed E-state index contributed by atoms with van der Waals surface area (Å²) in [5.41, 5.74) is -0.0197. The first-order valence-electron chi connectivity index (χ1n) is 8.55. The number of benzene rings is 1. The van der Waals surface area contributed by atoms with Crippen molar-refractivity contribution in [2.75, 3.05) is 26.2 Å². The molecule has 0 bridgehead atoms. The first-order chi connectivity index (χ1) is 12.6. The molecule has 0 radical (unpaired) electrons. The quantitative estimate of drug-likeness (QED) is 0.574. The Balaban J connectivity index is 1.49. The summed E-state index contributed by atoms with van der Waals surface area (Å²) in [6, 6.07) is 9.40. The average molecular weight is 359 g/mol. The molecule has 1 amide bonds. The third-order valence-electron chi connectivity index (χ3n) is 4.36. The van der Waals surface area contributed by atoms with E-state index in [1.54, 1.807) is 6.26 Å². The van der Waals surface area contributed by atoms with Gasteiger partial charge in [0.2, 0.25) is 0 Å². The van der Waals surface area contributed by atoms with Crippen LogP contribution in [0, 0.1) is 10.1 Å². The van der Waals surface area contributed by atoms with Crippen molar-refractivity contribution in [3.8, 4) is 5.75 Å². The molecule has 1 atom stereocenters. The van der Waals surface area contributed by atoms with Crippen LogP contribution in [0.25, 0.3) is 0 Å². The fourth-order valence-corrected chi connectivity index (χ4v) is 3.02. The molecule has 26 heavy (non-hydrogen) atoms. The number of ether oxygens (including phenoxy) is 1. The molecular formula is C18H21N3O5. The number of hydrogen-bond donors (Lipinski definition) is 1. The predicted molar refractivity (Wildman–Crippen MR) is 93.9 cm³/mol. The molecule has 8 nitrogen and oxygen atoms in total. The standard InChI is InChI=1S/C18H21N3O5/c22-18(13-26-15-7-5-14(6-8-15)21(23)24)19-12-16(17-4-3-11-25-17)20-9-1-2-10-20/h3-8,11,16H,1-2,9-10,12-13H2,(H,19,22)/t16-/m1/s1. The van der Waals surface area contributed by atoms with E-state index in [1.807, 2.05) is 12.1 Å². The molecule has 1 aliphatic heterocycles. The van der Waals surface area contributed by atoms with Gasteiger partial charge in [0.25, 0.3) is 11.6 Å². The third kappa shape index (κ3) is 4.60. The smallest absolute Gasteiger partial charge is 0.269 e. The van der Waals surface area contributed by atoms with Gasteiger partial charge in [0, 0.05) is 18.7 Å². The van der Waals surface area contributed by atoms with Crippen LogP contribution in [0.1, 0.15) is 24.6 Å². The minimum atomic E-state index is -0.483. The van der Waals surface area contributed by atoms with Crippen molar-refractivity contribution < 1.29 is 18.9 Å². The number of furan rings is 1. The summed E-state index contributed by atoms with van der Waals surface area (Å²) in [6.45, 7) is 2.26. The van der Waals surface area contributed by atoms with E-state index < -0.39 is 4.92 Å². The lowest BCUT2D eigenvalue weighted by Gasteiger charge is -2.26. The van der Waals surface area contributed by atoms with E-state index in [4.69, 9.17) is 9.15 Å². The van der Waals surface area contributed by atoms with Crippen molar-refractivity contribution in [3.05, 3.63) is 58.5 Å². The Kier molecular flexibility index (Phi) is 5.85. The van der Waals surface area contributed by atoms with Crippen molar-refractivity contribution in [3.63, 3.8) is 0 Å². The van der Waals surface area contributed by atoms with Gasteiger partial charge in [-0.1, -0.05) is 0 Å². The Hall–Kier alpha value is -2.87. The van der Waals surface area contributed by atoms with E-state index in [0.717, 1.165) is 31.7 Å². The number of carbonyl (C=O) groups is 1.